The number of rotatable bonds is 8. The Morgan fingerprint density at radius 2 is 1.23 bits per heavy atom. The molecular weight excluding hydrogens is 468 g/mol. The number of aromatic amines is 1. The summed E-state index contributed by atoms with van der Waals surface area (Å²) >= 11 is 1.40. The van der Waals surface area contributed by atoms with Crippen LogP contribution in [0.25, 0.3) is 0 Å². The van der Waals surface area contributed by atoms with Crippen LogP contribution in [0.3, 0.4) is 0 Å². The minimum atomic E-state index is -2.13. The first-order valence-electron chi connectivity index (χ1n) is 9.34. The van der Waals surface area contributed by atoms with E-state index in [0.29, 0.717) is 17.1 Å². The molecular formula is C23H23Cl2N3OPS+. The van der Waals surface area contributed by atoms with Crippen LogP contribution in [0, 0.1) is 0 Å². The van der Waals surface area contributed by atoms with E-state index >= 15 is 0 Å². The summed E-state index contributed by atoms with van der Waals surface area (Å²) in [6.45, 7) is 0. The number of aromatic nitrogens is 3. The van der Waals surface area contributed by atoms with Crippen molar-refractivity contribution in [3.05, 3.63) is 97.3 Å². The van der Waals surface area contributed by atoms with E-state index < -0.39 is 7.26 Å². The van der Waals surface area contributed by atoms with Gasteiger partial charge in [0, 0.05) is 0 Å². The monoisotopic (exact) mass is 490 g/mol. The molecule has 4 rings (SSSR count). The summed E-state index contributed by atoms with van der Waals surface area (Å²) in [5.41, 5.74) is 0. The molecule has 0 saturated carbocycles. The molecule has 0 radical (unpaired) electrons. The van der Waals surface area contributed by atoms with E-state index in [9.17, 15) is 4.79 Å². The summed E-state index contributed by atoms with van der Waals surface area (Å²) in [6.07, 6.45) is 1.94. The molecule has 0 saturated heterocycles. The standard InChI is InChI=1S/C23H21N3OPS.2ClH/c27-19(17-29-23-24-18-25-26-23)16-28(20-10-4-1-5-11-20,21-12-6-2-7-13-21)22-14-8-3-9-15-22;;/h1-15,18H,16-17H2,(H,24,25,26);2*1H/q+1;;. The fourth-order valence-electron chi connectivity index (χ4n) is 3.49. The smallest absolute Gasteiger partial charge is 0.183 e. The van der Waals surface area contributed by atoms with Gasteiger partial charge in [0.15, 0.2) is 10.9 Å². The molecule has 0 atom stereocenters. The van der Waals surface area contributed by atoms with E-state index in [1.54, 1.807) is 0 Å². The number of H-pyrrole nitrogens is 1. The number of nitrogens with one attached hydrogen (secondary N) is 1. The predicted molar refractivity (Wildman–Crippen MR) is 137 cm³/mol. The van der Waals surface area contributed by atoms with E-state index in [1.807, 2.05) is 18.2 Å². The van der Waals surface area contributed by atoms with Crippen LogP contribution in [0.4, 0.5) is 0 Å². The van der Waals surface area contributed by atoms with Gasteiger partial charge in [0.2, 0.25) is 0 Å². The third-order valence-electron chi connectivity index (χ3n) is 4.77. The Morgan fingerprint density at radius 1 is 0.774 bits per heavy atom. The van der Waals surface area contributed by atoms with Crippen molar-refractivity contribution in [2.24, 2.45) is 0 Å². The molecule has 1 N–H and O–H groups in total. The fraction of sp³-hybridized carbons (Fsp3) is 0.0870. The van der Waals surface area contributed by atoms with Gasteiger partial charge in [-0.25, -0.2) is 4.98 Å². The summed E-state index contributed by atoms with van der Waals surface area (Å²) in [6, 6.07) is 31.4. The molecule has 8 heteroatoms. The summed E-state index contributed by atoms with van der Waals surface area (Å²) in [7, 11) is -2.13. The Morgan fingerprint density at radius 3 is 1.61 bits per heavy atom. The number of ketones is 1. The Kier molecular flexibility index (Phi) is 9.73. The lowest BCUT2D eigenvalue weighted by molar-refractivity contribution is -0.114. The van der Waals surface area contributed by atoms with Crippen LogP contribution in [0.1, 0.15) is 0 Å². The van der Waals surface area contributed by atoms with Crippen molar-refractivity contribution in [2.75, 3.05) is 11.9 Å². The SMILES string of the molecule is Cl.Cl.O=C(CSc1ncn[nH]1)C[P+](c1ccccc1)(c1ccccc1)c1ccccc1. The topological polar surface area (TPSA) is 58.6 Å². The third-order valence-corrected chi connectivity index (χ3v) is 10.1. The Balaban J connectivity index is 0.00000171. The second-order valence-corrected chi connectivity index (χ2v) is 11.0. The molecule has 31 heavy (non-hydrogen) atoms. The first-order valence-corrected chi connectivity index (χ1v) is 12.3. The van der Waals surface area contributed by atoms with Crippen LogP contribution in [0.15, 0.2) is 102 Å². The zero-order chi connectivity index (χ0) is 19.9. The van der Waals surface area contributed by atoms with Gasteiger partial charge in [0.25, 0.3) is 0 Å². The largest absolute Gasteiger partial charge is 0.295 e. The third kappa shape index (κ3) is 5.75. The first kappa shape index (κ1) is 25.1. The van der Waals surface area contributed by atoms with Crippen LogP contribution in [0.2, 0.25) is 0 Å². The van der Waals surface area contributed by atoms with Crippen molar-refractivity contribution < 1.29 is 4.79 Å². The number of carbonyl (C=O) groups excluding carboxylic acids is 1. The number of thioether (sulfide) groups is 1. The number of hydrogen-bond acceptors (Lipinski definition) is 4. The molecule has 160 valence electrons. The van der Waals surface area contributed by atoms with Gasteiger partial charge < -0.3 is 0 Å². The number of halogens is 2. The Labute approximate surface area is 199 Å². The van der Waals surface area contributed by atoms with Gasteiger partial charge in [-0.2, -0.15) is 5.10 Å². The van der Waals surface area contributed by atoms with Crippen LogP contribution in [-0.2, 0) is 4.79 Å². The lowest BCUT2D eigenvalue weighted by Gasteiger charge is -2.27. The fourth-order valence-corrected chi connectivity index (χ4v) is 8.41. The van der Waals surface area contributed by atoms with Crippen LogP contribution >= 0.6 is 43.8 Å². The number of benzene rings is 3. The lowest BCUT2D eigenvalue weighted by atomic mass is 10.4. The molecule has 4 nitrogen and oxygen atoms in total. The predicted octanol–water partition coefficient (Wildman–Crippen LogP) is 4.30. The van der Waals surface area contributed by atoms with Crippen LogP contribution < -0.4 is 15.9 Å². The van der Waals surface area contributed by atoms with Gasteiger partial charge in [-0.05, 0) is 36.4 Å². The molecule has 0 bridgehead atoms. The van der Waals surface area contributed by atoms with Crippen molar-refractivity contribution in [2.45, 2.75) is 5.16 Å². The molecule has 1 heterocycles. The minimum Gasteiger partial charge on any atom is -0.295 e. The van der Waals surface area contributed by atoms with Crippen molar-refractivity contribution in [1.29, 1.82) is 0 Å². The van der Waals surface area contributed by atoms with E-state index in [0.717, 1.165) is 0 Å². The van der Waals surface area contributed by atoms with Gasteiger partial charge in [0.05, 0.1) is 5.75 Å². The summed E-state index contributed by atoms with van der Waals surface area (Å²) < 4.78 is 0. The summed E-state index contributed by atoms with van der Waals surface area (Å²) in [5.74, 6) is 0.569. The average Bonchev–Trinajstić information content (AvgIpc) is 3.32. The van der Waals surface area contributed by atoms with Crippen LogP contribution in [0.5, 0.6) is 0 Å². The summed E-state index contributed by atoms with van der Waals surface area (Å²) in [5, 5.41) is 11.0. The van der Waals surface area contributed by atoms with E-state index in [1.165, 1.54) is 34.0 Å². The van der Waals surface area contributed by atoms with Gasteiger partial charge in [0.1, 0.15) is 35.7 Å². The molecule has 1 aromatic heterocycles. The zero-order valence-corrected chi connectivity index (χ0v) is 20.0. The molecule has 0 spiro atoms. The quantitative estimate of drug-likeness (QED) is 0.295. The molecule has 0 aliphatic carbocycles. The molecule has 0 fully saturated rings. The van der Waals surface area contributed by atoms with Crippen molar-refractivity contribution in [3.63, 3.8) is 0 Å². The van der Waals surface area contributed by atoms with E-state index in [4.69, 9.17) is 0 Å². The second-order valence-electron chi connectivity index (χ2n) is 6.59. The number of nitrogens with zero attached hydrogens (tertiary/aromatic N) is 2. The Hall–Kier alpha value is -2.17. The van der Waals surface area contributed by atoms with Gasteiger partial charge in [-0.1, -0.05) is 66.4 Å². The van der Waals surface area contributed by atoms with Crippen LogP contribution in [-0.4, -0.2) is 32.9 Å². The van der Waals surface area contributed by atoms with Gasteiger partial charge >= 0.3 is 0 Å². The maximum atomic E-state index is 13.2. The van der Waals surface area contributed by atoms with Crippen molar-refractivity contribution >= 4 is 65.5 Å². The average molecular weight is 491 g/mol. The highest BCUT2D eigenvalue weighted by atomic mass is 35.5. The summed E-state index contributed by atoms with van der Waals surface area (Å²) in [4.78, 5) is 17.3. The molecule has 0 amide bonds. The van der Waals surface area contributed by atoms with Gasteiger partial charge in [-0.3, -0.25) is 9.89 Å². The molecule has 0 aliphatic rings. The van der Waals surface area contributed by atoms with E-state index in [-0.39, 0.29) is 30.6 Å². The maximum absolute atomic E-state index is 13.2. The second kappa shape index (κ2) is 12.0. The molecule has 4 aromatic rings. The highest BCUT2D eigenvalue weighted by molar-refractivity contribution is 8.00. The number of carbonyl (C=O) groups is 1. The normalized spacial score (nSPS) is 10.6. The Bertz CT molecular complexity index is 955. The zero-order valence-electron chi connectivity index (χ0n) is 16.6. The van der Waals surface area contributed by atoms with Crippen molar-refractivity contribution in [1.82, 2.24) is 15.2 Å². The number of Topliss-reactive ketones (excluding diaryl/α,β-unsaturated/α-hetero) is 1. The molecule has 0 aliphatic heterocycles. The first-order chi connectivity index (χ1) is 14.3. The van der Waals surface area contributed by atoms with E-state index in [2.05, 4.69) is 88.0 Å². The minimum absolute atomic E-state index is 0. The maximum Gasteiger partial charge on any atom is 0.183 e. The number of hydrogen-bond donors (Lipinski definition) is 1. The highest BCUT2D eigenvalue weighted by Gasteiger charge is 2.46. The lowest BCUT2D eigenvalue weighted by Crippen LogP contribution is -2.36. The van der Waals surface area contributed by atoms with Gasteiger partial charge in [-0.15, -0.1) is 24.8 Å². The molecule has 3 aromatic carbocycles. The van der Waals surface area contributed by atoms with Crippen molar-refractivity contribution in [3.8, 4) is 0 Å². The molecule has 0 unspecified atom stereocenters. The highest BCUT2D eigenvalue weighted by Crippen LogP contribution is 2.55.